The third-order valence-corrected chi connectivity index (χ3v) is 10.3. The number of hydrogen-bond donors (Lipinski definition) is 9. The number of carbonyl (C=O) groups is 1. The lowest BCUT2D eigenvalue weighted by Gasteiger charge is -2.46. The van der Waals surface area contributed by atoms with Gasteiger partial charge in [0.15, 0.2) is 12.6 Å². The average molecular weight is 852 g/mol. The zero-order valence-corrected chi connectivity index (χ0v) is 35.9. The molecule has 2 fully saturated rings. The smallest absolute Gasteiger partial charge is 0.220 e. The molecule has 2 aliphatic rings. The molecule has 2 rings (SSSR count). The Morgan fingerprint density at radius 3 is 1.82 bits per heavy atom. The molecule has 14 nitrogen and oxygen atoms in total. The maximum atomic E-state index is 13.1. The summed E-state index contributed by atoms with van der Waals surface area (Å²) in [5.74, 6) is -0.278. The van der Waals surface area contributed by atoms with Gasteiger partial charge in [0, 0.05) is 6.42 Å². The molecule has 0 bridgehead atoms. The van der Waals surface area contributed by atoms with Crippen molar-refractivity contribution in [3.05, 3.63) is 72.9 Å². The van der Waals surface area contributed by atoms with Crippen molar-refractivity contribution in [1.29, 1.82) is 0 Å². The molecule has 0 saturated carbocycles. The summed E-state index contributed by atoms with van der Waals surface area (Å²) >= 11 is 0. The van der Waals surface area contributed by atoms with Gasteiger partial charge in [-0.15, -0.1) is 0 Å². The second-order valence-electron chi connectivity index (χ2n) is 15.4. The van der Waals surface area contributed by atoms with Crippen LogP contribution in [-0.4, -0.2) is 140 Å². The Labute approximate surface area is 358 Å². The van der Waals surface area contributed by atoms with E-state index in [4.69, 9.17) is 18.9 Å². The number of aliphatic hydroxyl groups excluding tert-OH is 8. The number of carbonyl (C=O) groups excluding carboxylic acids is 1. The monoisotopic (exact) mass is 852 g/mol. The maximum Gasteiger partial charge on any atom is 0.220 e. The van der Waals surface area contributed by atoms with Crippen LogP contribution in [0.1, 0.15) is 117 Å². The first kappa shape index (κ1) is 53.6. The molecule has 0 aromatic carbocycles. The topological polar surface area (TPSA) is 228 Å². The first-order valence-corrected chi connectivity index (χ1v) is 22.2. The number of hydrogen-bond acceptors (Lipinski definition) is 13. The molecule has 9 N–H and O–H groups in total. The fourth-order valence-corrected chi connectivity index (χ4v) is 6.69. The first-order chi connectivity index (χ1) is 29.1. The fourth-order valence-electron chi connectivity index (χ4n) is 6.69. The van der Waals surface area contributed by atoms with E-state index in [1.165, 1.54) is 0 Å². The molecule has 0 aliphatic carbocycles. The van der Waals surface area contributed by atoms with E-state index in [0.717, 1.165) is 83.5 Å². The SMILES string of the molecule is CC/C=C\C/C=C\C/C=C\CCCCCCCC(=O)NC(COC1OC(CO)C(OC2OC(CO)C(O)C(O)C2O)C(O)C1O)C(O)/C=C/CC/C=C/CC/C=C/CCC. The van der Waals surface area contributed by atoms with Gasteiger partial charge in [-0.2, -0.15) is 0 Å². The number of nitrogens with one attached hydrogen (secondary N) is 1. The third kappa shape index (κ3) is 21.0. The quantitative estimate of drug-likeness (QED) is 0.0354. The first-order valence-electron chi connectivity index (χ1n) is 22.2. The lowest BCUT2D eigenvalue weighted by atomic mass is 9.97. The summed E-state index contributed by atoms with van der Waals surface area (Å²) in [6.07, 6.45) is 22.4. The summed E-state index contributed by atoms with van der Waals surface area (Å²) in [5.41, 5.74) is 0. The van der Waals surface area contributed by atoms with E-state index >= 15 is 0 Å². The summed E-state index contributed by atoms with van der Waals surface area (Å²) < 4.78 is 22.6. The number of ether oxygens (including phenoxy) is 4. The van der Waals surface area contributed by atoms with Crippen LogP contribution in [0.3, 0.4) is 0 Å². The number of rotatable bonds is 31. The normalized spacial score (nSPS) is 29.0. The highest BCUT2D eigenvalue weighted by molar-refractivity contribution is 5.76. The molecule has 0 spiro atoms. The lowest BCUT2D eigenvalue weighted by Crippen LogP contribution is -2.65. The number of unbranched alkanes of at least 4 members (excludes halogenated alkanes) is 8. The second kappa shape index (κ2) is 33.0. The van der Waals surface area contributed by atoms with E-state index in [-0.39, 0.29) is 18.9 Å². The second-order valence-corrected chi connectivity index (χ2v) is 15.4. The molecule has 0 aromatic heterocycles. The molecule has 2 heterocycles. The minimum Gasteiger partial charge on any atom is -0.394 e. The van der Waals surface area contributed by atoms with Crippen LogP contribution in [0.25, 0.3) is 0 Å². The maximum absolute atomic E-state index is 13.1. The number of aliphatic hydroxyl groups is 8. The van der Waals surface area contributed by atoms with E-state index in [1.807, 2.05) is 6.08 Å². The number of allylic oxidation sites excluding steroid dienone is 11. The van der Waals surface area contributed by atoms with Crippen molar-refractivity contribution in [3.8, 4) is 0 Å². The zero-order chi connectivity index (χ0) is 44.0. The summed E-state index contributed by atoms with van der Waals surface area (Å²) in [6.45, 7) is 2.51. The van der Waals surface area contributed by atoms with Gasteiger partial charge in [-0.05, 0) is 70.6 Å². The Kier molecular flexibility index (Phi) is 29.5. The Balaban J connectivity index is 1.93. The Morgan fingerprint density at radius 2 is 1.17 bits per heavy atom. The molecule has 344 valence electrons. The summed E-state index contributed by atoms with van der Waals surface area (Å²) in [4.78, 5) is 13.1. The summed E-state index contributed by atoms with van der Waals surface area (Å²) in [6, 6.07) is -0.947. The van der Waals surface area contributed by atoms with E-state index in [9.17, 15) is 45.6 Å². The van der Waals surface area contributed by atoms with Gasteiger partial charge in [-0.1, -0.05) is 112 Å². The van der Waals surface area contributed by atoms with Gasteiger partial charge >= 0.3 is 0 Å². The summed E-state index contributed by atoms with van der Waals surface area (Å²) in [5, 5.41) is 86.3. The lowest BCUT2D eigenvalue weighted by molar-refractivity contribution is -0.359. The molecule has 2 saturated heterocycles. The average Bonchev–Trinajstić information content (AvgIpc) is 3.24. The fraction of sp³-hybridized carbons (Fsp3) is 0.717. The molecular weight excluding hydrogens is 774 g/mol. The summed E-state index contributed by atoms with van der Waals surface area (Å²) in [7, 11) is 0. The van der Waals surface area contributed by atoms with Crippen LogP contribution in [0.4, 0.5) is 0 Å². The van der Waals surface area contributed by atoms with Gasteiger partial charge in [0.1, 0.15) is 48.8 Å². The highest BCUT2D eigenvalue weighted by atomic mass is 16.7. The molecule has 0 radical (unpaired) electrons. The standard InChI is InChI=1S/C46H77NO13/c1-3-5-7-9-11-13-15-16-17-18-20-22-24-26-28-30-38(51)47-34(35(50)29-27-25-23-21-19-14-12-10-8-6-4-2)33-57-45-43(56)41(54)44(37(32-49)59-45)60-46-42(55)40(53)39(52)36(31-48)58-46/h5,7-8,10-11,13,16-17,19,21,27,29,34-37,39-46,48-50,52-56H,3-4,6,9,12,14-15,18,20,22-26,28,30-33H2,1-2H3,(H,47,51)/b7-5-,10-8+,13-11-,17-16-,21-19+,29-27+. The van der Waals surface area contributed by atoms with E-state index in [2.05, 4.69) is 79.9 Å². The van der Waals surface area contributed by atoms with Crippen molar-refractivity contribution in [3.63, 3.8) is 0 Å². The molecule has 1 amide bonds. The van der Waals surface area contributed by atoms with E-state index in [0.29, 0.717) is 12.8 Å². The van der Waals surface area contributed by atoms with Crippen LogP contribution >= 0.6 is 0 Å². The third-order valence-electron chi connectivity index (χ3n) is 10.3. The van der Waals surface area contributed by atoms with Crippen LogP contribution in [0, 0.1) is 0 Å². The highest BCUT2D eigenvalue weighted by Crippen LogP contribution is 2.29. The highest BCUT2D eigenvalue weighted by Gasteiger charge is 2.50. The van der Waals surface area contributed by atoms with Crippen LogP contribution in [0.2, 0.25) is 0 Å². The number of amides is 1. The molecule has 14 heteroatoms. The molecule has 2 aliphatic heterocycles. The predicted octanol–water partition coefficient (Wildman–Crippen LogP) is 4.09. The van der Waals surface area contributed by atoms with Gasteiger partial charge in [0.05, 0.1) is 32.0 Å². The Hall–Kier alpha value is -2.57. The Bertz CT molecular complexity index is 1280. The van der Waals surface area contributed by atoms with Gasteiger partial charge < -0.3 is 65.1 Å². The van der Waals surface area contributed by atoms with Crippen LogP contribution in [0.15, 0.2) is 72.9 Å². The molecule has 60 heavy (non-hydrogen) atoms. The molecular formula is C46H77NO13. The van der Waals surface area contributed by atoms with Gasteiger partial charge in [-0.25, -0.2) is 0 Å². The van der Waals surface area contributed by atoms with Crippen LogP contribution in [0.5, 0.6) is 0 Å². The molecule has 12 atom stereocenters. The van der Waals surface area contributed by atoms with Gasteiger partial charge in [-0.3, -0.25) is 4.79 Å². The van der Waals surface area contributed by atoms with Crippen molar-refractivity contribution in [2.45, 2.75) is 190 Å². The van der Waals surface area contributed by atoms with Crippen molar-refractivity contribution in [1.82, 2.24) is 5.32 Å². The van der Waals surface area contributed by atoms with Crippen molar-refractivity contribution in [2.75, 3.05) is 19.8 Å². The molecule has 0 aromatic rings. The van der Waals surface area contributed by atoms with Crippen molar-refractivity contribution in [2.24, 2.45) is 0 Å². The Morgan fingerprint density at radius 1 is 0.617 bits per heavy atom. The largest absolute Gasteiger partial charge is 0.394 e. The van der Waals surface area contributed by atoms with Gasteiger partial charge in [0.25, 0.3) is 0 Å². The van der Waals surface area contributed by atoms with Crippen LogP contribution < -0.4 is 5.32 Å². The van der Waals surface area contributed by atoms with Crippen LogP contribution in [-0.2, 0) is 23.7 Å². The zero-order valence-electron chi connectivity index (χ0n) is 35.9. The van der Waals surface area contributed by atoms with Crippen molar-refractivity contribution >= 4 is 5.91 Å². The minimum absolute atomic E-state index is 0.246. The minimum atomic E-state index is -1.79. The molecule has 12 unspecified atom stereocenters. The predicted molar refractivity (Wildman–Crippen MR) is 230 cm³/mol. The van der Waals surface area contributed by atoms with Gasteiger partial charge in [0.2, 0.25) is 5.91 Å². The van der Waals surface area contributed by atoms with E-state index in [1.54, 1.807) is 6.08 Å². The van der Waals surface area contributed by atoms with Crippen molar-refractivity contribution < 1.29 is 64.6 Å². The van der Waals surface area contributed by atoms with E-state index < -0.39 is 86.8 Å².